The van der Waals surface area contributed by atoms with E-state index in [-0.39, 0.29) is 5.69 Å². The normalized spacial score (nSPS) is 17.0. The molecule has 5 heteroatoms. The molecular weight excluding hydrogens is 230 g/mol. The summed E-state index contributed by atoms with van der Waals surface area (Å²) in [5, 5.41) is 14.0. The highest BCUT2D eigenvalue weighted by atomic mass is 16.6. The average Bonchev–Trinajstić information content (AvgIpc) is 2.27. The number of hydrogen-bond donors (Lipinski definition) is 1. The molecule has 0 spiro atoms. The Morgan fingerprint density at radius 3 is 2.67 bits per heavy atom. The minimum absolute atomic E-state index is 0.0781. The summed E-state index contributed by atoms with van der Waals surface area (Å²) >= 11 is 0. The van der Waals surface area contributed by atoms with Gasteiger partial charge in [0, 0.05) is 12.6 Å². The van der Waals surface area contributed by atoms with Crippen LogP contribution in [0, 0.1) is 22.5 Å². The Morgan fingerprint density at radius 2 is 2.22 bits per heavy atom. The van der Waals surface area contributed by atoms with Crippen molar-refractivity contribution in [2.75, 3.05) is 11.9 Å². The summed E-state index contributed by atoms with van der Waals surface area (Å²) in [6.07, 6.45) is 5.01. The molecule has 1 N–H and O–H groups in total. The lowest BCUT2D eigenvalue weighted by atomic mass is 9.67. The van der Waals surface area contributed by atoms with Gasteiger partial charge in [-0.25, -0.2) is 4.98 Å². The Balaban J connectivity index is 2.02. The summed E-state index contributed by atoms with van der Waals surface area (Å²) in [4.78, 5) is 14.5. The number of anilines is 1. The predicted octanol–water partition coefficient (Wildman–Crippen LogP) is 3.29. The molecule has 5 nitrogen and oxygen atoms in total. The van der Waals surface area contributed by atoms with Gasteiger partial charge < -0.3 is 5.32 Å². The summed E-state index contributed by atoms with van der Waals surface area (Å²) in [6, 6.07) is 3.21. The van der Waals surface area contributed by atoms with Gasteiger partial charge >= 0.3 is 0 Å². The van der Waals surface area contributed by atoms with Crippen molar-refractivity contribution in [1.29, 1.82) is 0 Å². The van der Waals surface area contributed by atoms with Crippen LogP contribution in [0.15, 0.2) is 12.1 Å². The van der Waals surface area contributed by atoms with Crippen molar-refractivity contribution in [1.82, 2.24) is 4.98 Å². The van der Waals surface area contributed by atoms with Crippen molar-refractivity contribution >= 4 is 11.5 Å². The van der Waals surface area contributed by atoms with Crippen LogP contribution < -0.4 is 5.32 Å². The highest BCUT2D eigenvalue weighted by molar-refractivity contribution is 5.45. The number of pyridine rings is 1. The van der Waals surface area contributed by atoms with Gasteiger partial charge in [-0.3, -0.25) is 10.1 Å². The maximum absolute atomic E-state index is 10.7. The fraction of sp³-hybridized carbons (Fsp3) is 0.615. The number of aromatic nitrogens is 1. The highest BCUT2D eigenvalue weighted by Gasteiger charge is 2.34. The first-order valence-corrected chi connectivity index (χ1v) is 6.42. The van der Waals surface area contributed by atoms with Gasteiger partial charge in [-0.15, -0.1) is 0 Å². The topological polar surface area (TPSA) is 68.1 Å². The molecule has 0 amide bonds. The number of nitro groups is 1. The summed E-state index contributed by atoms with van der Waals surface area (Å²) in [6.45, 7) is 4.80. The maximum atomic E-state index is 10.7. The Morgan fingerprint density at radius 1 is 1.50 bits per heavy atom. The molecule has 98 valence electrons. The quantitative estimate of drug-likeness (QED) is 0.642. The van der Waals surface area contributed by atoms with Gasteiger partial charge in [-0.2, -0.15) is 0 Å². The number of rotatable bonds is 5. The van der Waals surface area contributed by atoms with Gasteiger partial charge in [0.2, 0.25) is 0 Å². The summed E-state index contributed by atoms with van der Waals surface area (Å²) in [7, 11) is 0. The van der Waals surface area contributed by atoms with Crippen LogP contribution in [-0.4, -0.2) is 16.5 Å². The van der Waals surface area contributed by atoms with E-state index in [0.29, 0.717) is 11.1 Å². The fourth-order valence-corrected chi connectivity index (χ4v) is 2.46. The van der Waals surface area contributed by atoms with Crippen molar-refractivity contribution in [2.24, 2.45) is 5.41 Å². The standard InChI is InChI=1S/C13H19N3O2/c1-3-13(7-4-8-13)9-14-12-6-5-11(16(17)18)10(2)15-12/h5-6H,3-4,7-9H2,1-2H3,(H,14,15). The van der Waals surface area contributed by atoms with E-state index in [2.05, 4.69) is 17.2 Å². The van der Waals surface area contributed by atoms with Gasteiger partial charge in [-0.05, 0) is 37.7 Å². The number of nitrogens with zero attached hydrogens (tertiary/aromatic N) is 2. The SMILES string of the molecule is CCC1(CNc2ccc([N+](=O)[O-])c(C)n2)CCC1. The second kappa shape index (κ2) is 4.92. The molecule has 1 fully saturated rings. The molecule has 0 bridgehead atoms. The molecule has 0 aliphatic heterocycles. The van der Waals surface area contributed by atoms with Crippen molar-refractivity contribution < 1.29 is 4.92 Å². The van der Waals surface area contributed by atoms with Gasteiger partial charge in [-0.1, -0.05) is 13.3 Å². The Kier molecular flexibility index (Phi) is 3.50. The molecule has 0 radical (unpaired) electrons. The van der Waals surface area contributed by atoms with Crippen LogP contribution in [-0.2, 0) is 0 Å². The number of hydrogen-bond acceptors (Lipinski definition) is 4. The fourth-order valence-electron chi connectivity index (χ4n) is 2.46. The van der Waals surface area contributed by atoms with Gasteiger partial charge in [0.25, 0.3) is 5.69 Å². The summed E-state index contributed by atoms with van der Waals surface area (Å²) in [5.41, 5.74) is 0.954. The van der Waals surface area contributed by atoms with Crippen molar-refractivity contribution in [2.45, 2.75) is 39.5 Å². The minimum atomic E-state index is -0.397. The van der Waals surface area contributed by atoms with Gasteiger partial charge in [0.1, 0.15) is 11.5 Å². The van der Waals surface area contributed by atoms with E-state index in [0.717, 1.165) is 12.4 Å². The lowest BCUT2D eigenvalue weighted by molar-refractivity contribution is -0.385. The van der Waals surface area contributed by atoms with Crippen molar-refractivity contribution in [3.63, 3.8) is 0 Å². The summed E-state index contributed by atoms with van der Waals surface area (Å²) < 4.78 is 0. The smallest absolute Gasteiger partial charge is 0.290 e. The van der Waals surface area contributed by atoms with Crippen LogP contribution >= 0.6 is 0 Å². The van der Waals surface area contributed by atoms with E-state index >= 15 is 0 Å². The van der Waals surface area contributed by atoms with Crippen molar-refractivity contribution in [3.8, 4) is 0 Å². The maximum Gasteiger partial charge on any atom is 0.290 e. The molecule has 2 rings (SSSR count). The minimum Gasteiger partial charge on any atom is -0.370 e. The molecular formula is C13H19N3O2. The molecule has 0 unspecified atom stereocenters. The summed E-state index contributed by atoms with van der Waals surface area (Å²) in [5.74, 6) is 0.734. The van der Waals surface area contributed by atoms with Crippen LogP contribution in [0.2, 0.25) is 0 Å². The third-order valence-electron chi connectivity index (χ3n) is 4.06. The van der Waals surface area contributed by atoms with Gasteiger partial charge in [0.05, 0.1) is 4.92 Å². The van der Waals surface area contributed by atoms with E-state index in [9.17, 15) is 10.1 Å². The van der Waals surface area contributed by atoms with Gasteiger partial charge in [0.15, 0.2) is 0 Å². The molecule has 1 aromatic heterocycles. The first-order chi connectivity index (χ1) is 8.56. The molecule has 1 aliphatic carbocycles. The predicted molar refractivity (Wildman–Crippen MR) is 70.7 cm³/mol. The number of nitrogens with one attached hydrogen (secondary N) is 1. The van der Waals surface area contributed by atoms with Crippen LogP contribution in [0.3, 0.4) is 0 Å². The lowest BCUT2D eigenvalue weighted by Crippen LogP contribution is -2.36. The zero-order valence-electron chi connectivity index (χ0n) is 10.9. The van der Waals surface area contributed by atoms with Crippen LogP contribution in [0.25, 0.3) is 0 Å². The lowest BCUT2D eigenvalue weighted by Gasteiger charge is -2.41. The molecule has 0 saturated heterocycles. The van der Waals surface area contributed by atoms with E-state index < -0.39 is 4.92 Å². The zero-order chi connectivity index (χ0) is 13.2. The highest BCUT2D eigenvalue weighted by Crippen LogP contribution is 2.43. The van der Waals surface area contributed by atoms with Crippen LogP contribution in [0.4, 0.5) is 11.5 Å². The van der Waals surface area contributed by atoms with Crippen LogP contribution in [0.5, 0.6) is 0 Å². The Hall–Kier alpha value is -1.65. The molecule has 1 aromatic rings. The van der Waals surface area contributed by atoms with Crippen LogP contribution in [0.1, 0.15) is 38.3 Å². The average molecular weight is 249 g/mol. The second-order valence-electron chi connectivity index (χ2n) is 5.12. The Bertz CT molecular complexity index is 450. The molecule has 0 aromatic carbocycles. The van der Waals surface area contributed by atoms with E-state index in [1.54, 1.807) is 13.0 Å². The van der Waals surface area contributed by atoms with E-state index in [1.165, 1.54) is 31.7 Å². The molecule has 0 atom stereocenters. The monoisotopic (exact) mass is 249 g/mol. The molecule has 18 heavy (non-hydrogen) atoms. The molecule has 1 saturated carbocycles. The first-order valence-electron chi connectivity index (χ1n) is 6.42. The van der Waals surface area contributed by atoms with Crippen molar-refractivity contribution in [3.05, 3.63) is 27.9 Å². The Labute approximate surface area is 107 Å². The second-order valence-corrected chi connectivity index (χ2v) is 5.12. The third-order valence-corrected chi connectivity index (χ3v) is 4.06. The zero-order valence-corrected chi connectivity index (χ0v) is 10.9. The third kappa shape index (κ3) is 2.44. The number of aryl methyl sites for hydroxylation is 1. The van der Waals surface area contributed by atoms with E-state index in [1.807, 2.05) is 0 Å². The first kappa shape index (κ1) is 12.8. The molecule has 1 aliphatic rings. The van der Waals surface area contributed by atoms with E-state index in [4.69, 9.17) is 0 Å². The largest absolute Gasteiger partial charge is 0.370 e. The molecule has 1 heterocycles.